The van der Waals surface area contributed by atoms with Gasteiger partial charge in [-0.05, 0) is 32.2 Å². The van der Waals surface area contributed by atoms with Crippen LogP contribution in [0.25, 0.3) is 0 Å². The van der Waals surface area contributed by atoms with Crippen LogP contribution in [0.1, 0.15) is 32.1 Å². The second-order valence-corrected chi connectivity index (χ2v) is 5.41. The van der Waals surface area contributed by atoms with Crippen LogP contribution in [0.5, 0.6) is 0 Å². The van der Waals surface area contributed by atoms with Crippen molar-refractivity contribution in [2.45, 2.75) is 38.1 Å². The summed E-state index contributed by atoms with van der Waals surface area (Å²) in [5.74, 6) is 0. The zero-order valence-corrected chi connectivity index (χ0v) is 12.6. The van der Waals surface area contributed by atoms with Crippen LogP contribution in [0, 0.1) is 0 Å². The molecule has 0 amide bonds. The molecule has 0 heterocycles. The maximum Gasteiger partial charge on any atom is 0.0593 e. The van der Waals surface area contributed by atoms with Crippen LogP contribution in [0.3, 0.4) is 0 Å². The summed E-state index contributed by atoms with van der Waals surface area (Å²) in [6.45, 7) is 4.78. The van der Waals surface area contributed by atoms with E-state index in [4.69, 9.17) is 9.47 Å². The summed E-state index contributed by atoms with van der Waals surface area (Å²) >= 11 is 3.51. The van der Waals surface area contributed by atoms with Gasteiger partial charge >= 0.3 is 0 Å². The summed E-state index contributed by atoms with van der Waals surface area (Å²) in [5.41, 5.74) is 0. The van der Waals surface area contributed by atoms with Crippen molar-refractivity contribution in [2.24, 2.45) is 0 Å². The fraction of sp³-hybridized carbons (Fsp3) is 1.00. The molecule has 17 heavy (non-hydrogen) atoms. The molecule has 1 fully saturated rings. The number of methoxy groups -OCH3 is 1. The largest absolute Gasteiger partial charge is 0.385 e. The fourth-order valence-electron chi connectivity index (χ4n) is 2.08. The highest BCUT2D eigenvalue weighted by Crippen LogP contribution is 2.24. The number of halogens is 1. The molecule has 0 spiro atoms. The van der Waals surface area contributed by atoms with Gasteiger partial charge in [0.05, 0.1) is 6.61 Å². The minimum atomic E-state index is 0.802. The van der Waals surface area contributed by atoms with Gasteiger partial charge in [-0.2, -0.15) is 0 Å². The molecule has 0 aromatic carbocycles. The van der Waals surface area contributed by atoms with E-state index in [1.165, 1.54) is 32.2 Å². The molecule has 0 saturated heterocycles. The number of hydrogen-bond donors (Lipinski definition) is 0. The zero-order valence-electron chi connectivity index (χ0n) is 11.0. The van der Waals surface area contributed by atoms with Crippen LogP contribution in [0.4, 0.5) is 0 Å². The van der Waals surface area contributed by atoms with E-state index in [9.17, 15) is 0 Å². The summed E-state index contributed by atoms with van der Waals surface area (Å²) in [6.07, 6.45) is 6.41. The molecule has 4 heteroatoms. The summed E-state index contributed by atoms with van der Waals surface area (Å²) in [6, 6.07) is 0.830. The normalized spacial score (nSPS) is 16.4. The lowest BCUT2D eigenvalue weighted by molar-refractivity contribution is 0.0556. The maximum absolute atomic E-state index is 5.63. The summed E-state index contributed by atoms with van der Waals surface area (Å²) in [5, 5.41) is 1.10. The smallest absolute Gasteiger partial charge is 0.0593 e. The van der Waals surface area contributed by atoms with Crippen molar-refractivity contribution in [1.82, 2.24) is 4.90 Å². The van der Waals surface area contributed by atoms with Gasteiger partial charge in [-0.15, -0.1) is 0 Å². The van der Waals surface area contributed by atoms with Gasteiger partial charge in [-0.3, -0.25) is 4.90 Å². The van der Waals surface area contributed by atoms with Crippen molar-refractivity contribution >= 4 is 15.9 Å². The van der Waals surface area contributed by atoms with Gasteiger partial charge in [-0.1, -0.05) is 22.4 Å². The van der Waals surface area contributed by atoms with Gasteiger partial charge in [0.15, 0.2) is 0 Å². The Hall–Kier alpha value is 0.360. The zero-order chi connectivity index (χ0) is 12.3. The second-order valence-electron chi connectivity index (χ2n) is 4.62. The van der Waals surface area contributed by atoms with Gasteiger partial charge in [0.25, 0.3) is 0 Å². The highest BCUT2D eigenvalue weighted by atomic mass is 79.9. The number of hydrogen-bond acceptors (Lipinski definition) is 3. The summed E-state index contributed by atoms with van der Waals surface area (Å²) in [4.78, 5) is 2.60. The predicted octanol–water partition coefficient (Wildman–Crippen LogP) is 2.68. The Balaban J connectivity index is 2.02. The Morgan fingerprint density at radius 2 is 1.94 bits per heavy atom. The van der Waals surface area contributed by atoms with Crippen LogP contribution < -0.4 is 0 Å². The van der Waals surface area contributed by atoms with E-state index in [1.54, 1.807) is 7.11 Å². The van der Waals surface area contributed by atoms with Crippen LogP contribution in [-0.4, -0.2) is 56.3 Å². The fourth-order valence-corrected chi connectivity index (χ4v) is 2.33. The number of rotatable bonds is 11. The van der Waals surface area contributed by atoms with E-state index in [0.717, 1.165) is 44.2 Å². The molecular formula is C13H26BrNO2. The first kappa shape index (κ1) is 15.4. The van der Waals surface area contributed by atoms with Gasteiger partial charge < -0.3 is 9.47 Å². The minimum Gasteiger partial charge on any atom is -0.385 e. The molecule has 0 aromatic heterocycles. The summed E-state index contributed by atoms with van der Waals surface area (Å²) in [7, 11) is 1.73. The maximum atomic E-state index is 5.63. The minimum absolute atomic E-state index is 0.802. The van der Waals surface area contributed by atoms with Crippen molar-refractivity contribution in [1.29, 1.82) is 0 Å². The van der Waals surface area contributed by atoms with Crippen molar-refractivity contribution in [2.75, 3.05) is 45.4 Å². The Labute approximate surface area is 114 Å². The lowest BCUT2D eigenvalue weighted by Crippen LogP contribution is -2.42. The van der Waals surface area contributed by atoms with E-state index in [0.29, 0.717) is 0 Å². The number of nitrogens with zero attached hydrogens (tertiary/aromatic N) is 1. The lowest BCUT2D eigenvalue weighted by atomic mass is 9.91. The van der Waals surface area contributed by atoms with Gasteiger partial charge in [-0.25, -0.2) is 0 Å². The molecule has 102 valence electrons. The molecule has 0 N–H and O–H groups in total. The van der Waals surface area contributed by atoms with E-state index >= 15 is 0 Å². The molecule has 0 atom stereocenters. The molecule has 3 nitrogen and oxygen atoms in total. The van der Waals surface area contributed by atoms with E-state index in [2.05, 4.69) is 20.8 Å². The van der Waals surface area contributed by atoms with Crippen LogP contribution in [0.2, 0.25) is 0 Å². The molecule has 1 rings (SSSR count). The first-order chi connectivity index (χ1) is 8.38. The molecular weight excluding hydrogens is 282 g/mol. The Kier molecular flexibility index (Phi) is 9.34. The third-order valence-corrected chi connectivity index (χ3v) is 3.89. The summed E-state index contributed by atoms with van der Waals surface area (Å²) < 4.78 is 10.6. The number of alkyl halides is 1. The lowest BCUT2D eigenvalue weighted by Gasteiger charge is -2.37. The highest BCUT2D eigenvalue weighted by molar-refractivity contribution is 9.09. The second kappa shape index (κ2) is 10.3. The molecule has 0 bridgehead atoms. The Morgan fingerprint density at radius 3 is 2.53 bits per heavy atom. The van der Waals surface area contributed by atoms with E-state index in [1.807, 2.05) is 0 Å². The van der Waals surface area contributed by atoms with E-state index < -0.39 is 0 Å². The molecule has 0 aliphatic heterocycles. The monoisotopic (exact) mass is 307 g/mol. The van der Waals surface area contributed by atoms with Gasteiger partial charge in [0, 0.05) is 38.2 Å². The van der Waals surface area contributed by atoms with Crippen LogP contribution >= 0.6 is 15.9 Å². The third kappa shape index (κ3) is 6.75. The van der Waals surface area contributed by atoms with Crippen LogP contribution in [0.15, 0.2) is 0 Å². The Morgan fingerprint density at radius 1 is 1.12 bits per heavy atom. The van der Waals surface area contributed by atoms with Crippen molar-refractivity contribution < 1.29 is 9.47 Å². The molecule has 0 unspecified atom stereocenters. The quantitative estimate of drug-likeness (QED) is 0.433. The van der Waals surface area contributed by atoms with Gasteiger partial charge in [0.2, 0.25) is 0 Å². The van der Waals surface area contributed by atoms with Crippen LogP contribution in [-0.2, 0) is 9.47 Å². The predicted molar refractivity (Wildman–Crippen MR) is 74.9 cm³/mol. The first-order valence-electron chi connectivity index (χ1n) is 6.75. The van der Waals surface area contributed by atoms with Crippen molar-refractivity contribution in [3.8, 4) is 0 Å². The highest BCUT2D eigenvalue weighted by Gasteiger charge is 2.23. The van der Waals surface area contributed by atoms with Crippen molar-refractivity contribution in [3.63, 3.8) is 0 Å². The first-order valence-corrected chi connectivity index (χ1v) is 7.87. The SMILES string of the molecule is COCCCOCCN(CCCBr)C1CCC1. The standard InChI is InChI=1S/C13H26BrNO2/c1-16-10-4-11-17-12-9-15(8-3-7-14)13-5-2-6-13/h13H,2-12H2,1H3. The molecule has 1 saturated carbocycles. The topological polar surface area (TPSA) is 21.7 Å². The average molecular weight is 308 g/mol. The molecule has 1 aliphatic rings. The molecule has 0 aromatic rings. The third-order valence-electron chi connectivity index (χ3n) is 3.33. The molecule has 0 radical (unpaired) electrons. The molecule has 1 aliphatic carbocycles. The number of ether oxygens (including phenoxy) is 2. The Bertz CT molecular complexity index is 177. The van der Waals surface area contributed by atoms with Gasteiger partial charge in [0.1, 0.15) is 0 Å². The van der Waals surface area contributed by atoms with Crippen molar-refractivity contribution in [3.05, 3.63) is 0 Å². The average Bonchev–Trinajstić information content (AvgIpc) is 2.27. The van der Waals surface area contributed by atoms with E-state index in [-0.39, 0.29) is 0 Å².